The van der Waals surface area contributed by atoms with Gasteiger partial charge in [0.1, 0.15) is 0 Å². The van der Waals surface area contributed by atoms with Crippen LogP contribution in [0.1, 0.15) is 18.1 Å². The maximum atomic E-state index is 5.58. The van der Waals surface area contributed by atoms with E-state index in [1.807, 2.05) is 25.3 Å². The summed E-state index contributed by atoms with van der Waals surface area (Å²) >= 11 is 1.81. The molecule has 5 nitrogen and oxygen atoms in total. The zero-order valence-electron chi connectivity index (χ0n) is 16.1. The van der Waals surface area contributed by atoms with Gasteiger partial charge < -0.3 is 19.9 Å². The molecule has 2 aromatic rings. The lowest BCUT2D eigenvalue weighted by molar-refractivity contribution is 0.133. The summed E-state index contributed by atoms with van der Waals surface area (Å²) in [6, 6.07) is 12.7. The summed E-state index contributed by atoms with van der Waals surface area (Å²) in [5.74, 6) is 0.974. The van der Waals surface area contributed by atoms with Crippen molar-refractivity contribution in [3.63, 3.8) is 0 Å². The molecule has 1 aromatic heterocycles. The predicted octanol–water partition coefficient (Wildman–Crippen LogP) is 3.80. The van der Waals surface area contributed by atoms with Crippen molar-refractivity contribution < 1.29 is 4.74 Å². The third kappa shape index (κ3) is 6.08. The molecule has 1 fully saturated rings. The number of ether oxygens (including phenoxy) is 1. The van der Waals surface area contributed by atoms with E-state index in [0.717, 1.165) is 45.3 Å². The van der Waals surface area contributed by atoms with E-state index in [0.29, 0.717) is 6.61 Å². The standard InChI is InChI=1S/C20H28N4OS.HI/c1-3-25-16-18-8-5-4-7-17(18)15-22-20(21-2)24-12-10-23(11-13-24)19-9-6-14-26-19;/h4-9,14H,3,10-13,15-16H2,1-2H3,(H,21,22);1H. The highest BCUT2D eigenvalue weighted by Gasteiger charge is 2.20. The minimum atomic E-state index is 0. The second-order valence-electron chi connectivity index (χ2n) is 6.23. The summed E-state index contributed by atoms with van der Waals surface area (Å²) in [6.07, 6.45) is 0. The van der Waals surface area contributed by atoms with Gasteiger partial charge in [0.05, 0.1) is 11.6 Å². The lowest BCUT2D eigenvalue weighted by Crippen LogP contribution is -2.52. The number of piperazine rings is 1. The fourth-order valence-corrected chi connectivity index (χ4v) is 3.96. The Morgan fingerprint density at radius 1 is 1.11 bits per heavy atom. The number of nitrogens with zero attached hydrogens (tertiary/aromatic N) is 3. The summed E-state index contributed by atoms with van der Waals surface area (Å²) < 4.78 is 5.58. The number of guanidine groups is 1. The molecule has 2 heterocycles. The van der Waals surface area contributed by atoms with E-state index in [1.165, 1.54) is 16.1 Å². The van der Waals surface area contributed by atoms with Gasteiger partial charge >= 0.3 is 0 Å². The van der Waals surface area contributed by atoms with Crippen LogP contribution < -0.4 is 10.2 Å². The van der Waals surface area contributed by atoms with Gasteiger partial charge in [0, 0.05) is 46.4 Å². The van der Waals surface area contributed by atoms with Crippen LogP contribution in [0.4, 0.5) is 5.00 Å². The van der Waals surface area contributed by atoms with Crippen LogP contribution in [-0.4, -0.2) is 50.7 Å². The molecule has 1 saturated heterocycles. The molecule has 1 N–H and O–H groups in total. The maximum Gasteiger partial charge on any atom is 0.194 e. The fraction of sp³-hybridized carbons (Fsp3) is 0.450. The lowest BCUT2D eigenvalue weighted by atomic mass is 10.1. The first-order chi connectivity index (χ1) is 12.8. The summed E-state index contributed by atoms with van der Waals surface area (Å²) in [7, 11) is 1.86. The molecule has 148 valence electrons. The van der Waals surface area contributed by atoms with Crippen LogP contribution in [0.25, 0.3) is 0 Å². The van der Waals surface area contributed by atoms with Crippen molar-refractivity contribution in [3.05, 3.63) is 52.9 Å². The normalized spacial score (nSPS) is 14.8. The molecule has 0 radical (unpaired) electrons. The van der Waals surface area contributed by atoms with E-state index < -0.39 is 0 Å². The van der Waals surface area contributed by atoms with Gasteiger partial charge in [0.25, 0.3) is 0 Å². The molecule has 27 heavy (non-hydrogen) atoms. The highest BCUT2D eigenvalue weighted by molar-refractivity contribution is 14.0. The van der Waals surface area contributed by atoms with Crippen molar-refractivity contribution in [1.82, 2.24) is 10.2 Å². The number of thiophene rings is 1. The molecule has 1 aromatic carbocycles. The smallest absolute Gasteiger partial charge is 0.194 e. The zero-order valence-corrected chi connectivity index (χ0v) is 19.2. The van der Waals surface area contributed by atoms with Gasteiger partial charge in [0.15, 0.2) is 5.96 Å². The van der Waals surface area contributed by atoms with Crippen molar-refractivity contribution in [3.8, 4) is 0 Å². The van der Waals surface area contributed by atoms with Crippen LogP contribution in [0.15, 0.2) is 46.8 Å². The van der Waals surface area contributed by atoms with E-state index in [1.54, 1.807) is 0 Å². The molecule has 3 rings (SSSR count). The van der Waals surface area contributed by atoms with Crippen molar-refractivity contribution in [2.24, 2.45) is 4.99 Å². The molecule has 0 atom stereocenters. The summed E-state index contributed by atoms with van der Waals surface area (Å²) in [4.78, 5) is 9.28. The van der Waals surface area contributed by atoms with E-state index in [4.69, 9.17) is 4.74 Å². The van der Waals surface area contributed by atoms with Gasteiger partial charge in [-0.2, -0.15) is 0 Å². The molecule has 0 amide bonds. The van der Waals surface area contributed by atoms with Crippen LogP contribution in [0.5, 0.6) is 0 Å². The summed E-state index contributed by atoms with van der Waals surface area (Å²) in [6.45, 7) is 8.21. The Labute approximate surface area is 183 Å². The van der Waals surface area contributed by atoms with Crippen LogP contribution >= 0.6 is 35.3 Å². The van der Waals surface area contributed by atoms with Gasteiger partial charge in [-0.25, -0.2) is 0 Å². The maximum absolute atomic E-state index is 5.58. The number of aliphatic imine (C=N–C) groups is 1. The highest BCUT2D eigenvalue weighted by atomic mass is 127. The average molecular weight is 500 g/mol. The second-order valence-corrected chi connectivity index (χ2v) is 7.16. The minimum absolute atomic E-state index is 0. The van der Waals surface area contributed by atoms with E-state index >= 15 is 0 Å². The first-order valence-electron chi connectivity index (χ1n) is 9.20. The third-order valence-corrected chi connectivity index (χ3v) is 5.55. The Bertz CT molecular complexity index is 700. The van der Waals surface area contributed by atoms with Crippen LogP contribution in [0.3, 0.4) is 0 Å². The van der Waals surface area contributed by atoms with Crippen LogP contribution in [-0.2, 0) is 17.9 Å². The van der Waals surface area contributed by atoms with Gasteiger partial charge in [-0.15, -0.1) is 35.3 Å². The molecule has 0 bridgehead atoms. The van der Waals surface area contributed by atoms with Gasteiger partial charge in [-0.05, 0) is 35.6 Å². The Kier molecular flexibility index (Phi) is 9.36. The number of hydrogen-bond donors (Lipinski definition) is 1. The molecule has 0 aliphatic carbocycles. The molecule has 0 unspecified atom stereocenters. The summed E-state index contributed by atoms with van der Waals surface area (Å²) in [5.41, 5.74) is 2.50. The summed E-state index contributed by atoms with van der Waals surface area (Å²) in [5, 5.41) is 7.03. The van der Waals surface area contributed by atoms with E-state index in [2.05, 4.69) is 61.9 Å². The number of benzene rings is 1. The first kappa shape index (κ1) is 22.0. The Morgan fingerprint density at radius 2 is 1.85 bits per heavy atom. The number of halogens is 1. The van der Waals surface area contributed by atoms with Crippen molar-refractivity contribution in [2.75, 3.05) is 44.7 Å². The molecule has 0 saturated carbocycles. The van der Waals surface area contributed by atoms with Gasteiger partial charge in [0.2, 0.25) is 0 Å². The predicted molar refractivity (Wildman–Crippen MR) is 125 cm³/mol. The largest absolute Gasteiger partial charge is 0.377 e. The number of anilines is 1. The van der Waals surface area contributed by atoms with Crippen molar-refractivity contribution in [1.29, 1.82) is 0 Å². The number of hydrogen-bond acceptors (Lipinski definition) is 4. The van der Waals surface area contributed by atoms with Crippen LogP contribution in [0, 0.1) is 0 Å². The molecule has 1 aliphatic heterocycles. The second kappa shape index (κ2) is 11.5. The van der Waals surface area contributed by atoms with Gasteiger partial charge in [-0.3, -0.25) is 4.99 Å². The Hall–Kier alpha value is -1.32. The first-order valence-corrected chi connectivity index (χ1v) is 10.1. The lowest BCUT2D eigenvalue weighted by Gasteiger charge is -2.37. The molecular weight excluding hydrogens is 471 g/mol. The fourth-order valence-electron chi connectivity index (χ4n) is 3.18. The molecule has 0 spiro atoms. The van der Waals surface area contributed by atoms with Gasteiger partial charge in [-0.1, -0.05) is 24.3 Å². The Morgan fingerprint density at radius 3 is 2.48 bits per heavy atom. The molecular formula is C20H29IN4OS. The average Bonchev–Trinajstić information content (AvgIpc) is 3.23. The molecule has 1 aliphatic rings. The SMILES string of the molecule is CCOCc1ccccc1CNC(=NC)N1CCN(c2cccs2)CC1.I. The van der Waals surface area contributed by atoms with Crippen molar-refractivity contribution >= 4 is 46.3 Å². The monoisotopic (exact) mass is 500 g/mol. The van der Waals surface area contributed by atoms with Crippen LogP contribution in [0.2, 0.25) is 0 Å². The zero-order chi connectivity index (χ0) is 18.2. The van der Waals surface area contributed by atoms with E-state index in [9.17, 15) is 0 Å². The quantitative estimate of drug-likeness (QED) is 0.372. The number of rotatable bonds is 6. The van der Waals surface area contributed by atoms with E-state index in [-0.39, 0.29) is 24.0 Å². The number of nitrogens with one attached hydrogen (secondary N) is 1. The minimum Gasteiger partial charge on any atom is -0.377 e. The molecule has 7 heteroatoms. The third-order valence-electron chi connectivity index (χ3n) is 4.63. The van der Waals surface area contributed by atoms with Crippen molar-refractivity contribution in [2.45, 2.75) is 20.1 Å². The Balaban J connectivity index is 0.00000261. The topological polar surface area (TPSA) is 40.1 Å². The highest BCUT2D eigenvalue weighted by Crippen LogP contribution is 2.22.